The van der Waals surface area contributed by atoms with Crippen LogP contribution in [0.5, 0.6) is 0 Å². The monoisotopic (exact) mass is 160 g/mol. The van der Waals surface area contributed by atoms with Gasteiger partial charge in [0.15, 0.2) is 5.17 Å². The van der Waals surface area contributed by atoms with Crippen LogP contribution in [-0.4, -0.2) is 28.8 Å². The number of aliphatic imine (C=N–C) groups is 1. The van der Waals surface area contributed by atoms with Crippen molar-refractivity contribution in [2.45, 2.75) is 25.6 Å². The number of hydrogen-bond donors (Lipinski definition) is 2. The minimum atomic E-state index is -0.501. The van der Waals surface area contributed by atoms with Crippen molar-refractivity contribution in [3.63, 3.8) is 0 Å². The van der Waals surface area contributed by atoms with Crippen molar-refractivity contribution in [1.82, 2.24) is 5.32 Å². The molecule has 0 unspecified atom stereocenters. The van der Waals surface area contributed by atoms with Gasteiger partial charge in [-0.2, -0.15) is 0 Å². The molecule has 0 saturated heterocycles. The molecule has 1 aliphatic rings. The molecular formula is C6H12N2OS. The zero-order valence-electron chi connectivity index (χ0n) is 6.16. The second-order valence-electron chi connectivity index (χ2n) is 2.40. The summed E-state index contributed by atoms with van der Waals surface area (Å²) < 4.78 is 0. The van der Waals surface area contributed by atoms with Gasteiger partial charge in [-0.15, -0.1) is 0 Å². The first-order chi connectivity index (χ1) is 4.72. The van der Waals surface area contributed by atoms with E-state index in [9.17, 15) is 0 Å². The summed E-state index contributed by atoms with van der Waals surface area (Å²) in [5.41, 5.74) is 0. The van der Waals surface area contributed by atoms with Crippen molar-refractivity contribution in [2.75, 3.05) is 6.26 Å². The van der Waals surface area contributed by atoms with Crippen LogP contribution in [0.4, 0.5) is 0 Å². The summed E-state index contributed by atoms with van der Waals surface area (Å²) in [6.45, 7) is 2.04. The zero-order chi connectivity index (χ0) is 7.56. The Morgan fingerprint density at radius 3 is 3.00 bits per heavy atom. The third-order valence-corrected chi connectivity index (χ3v) is 2.00. The highest BCUT2D eigenvalue weighted by atomic mass is 32.2. The molecule has 0 aliphatic carbocycles. The SMILES string of the molecule is CSC1=N[C@H](O)C[C@@H](C)N1. The van der Waals surface area contributed by atoms with Crippen LogP contribution in [-0.2, 0) is 0 Å². The molecule has 1 heterocycles. The average Bonchev–Trinajstić information content (AvgIpc) is 1.85. The Morgan fingerprint density at radius 1 is 1.80 bits per heavy atom. The molecule has 2 atom stereocenters. The van der Waals surface area contributed by atoms with Gasteiger partial charge in [0.2, 0.25) is 0 Å². The summed E-state index contributed by atoms with van der Waals surface area (Å²) in [6.07, 6.45) is 2.15. The predicted molar refractivity (Wildman–Crippen MR) is 44.2 cm³/mol. The standard InChI is InChI=1S/C6H12N2OS/c1-4-3-5(9)8-6(7-4)10-2/h4-5,9H,3H2,1-2H3,(H,7,8)/t4-,5-/m1/s1. The first kappa shape index (κ1) is 7.88. The Bertz CT molecular complexity index is 149. The van der Waals surface area contributed by atoms with Gasteiger partial charge >= 0.3 is 0 Å². The van der Waals surface area contributed by atoms with Gasteiger partial charge in [0, 0.05) is 12.5 Å². The lowest BCUT2D eigenvalue weighted by Crippen LogP contribution is -2.38. The van der Waals surface area contributed by atoms with E-state index in [0.29, 0.717) is 12.5 Å². The van der Waals surface area contributed by atoms with Crippen LogP contribution >= 0.6 is 11.8 Å². The zero-order valence-corrected chi connectivity index (χ0v) is 6.98. The van der Waals surface area contributed by atoms with Gasteiger partial charge in [-0.3, -0.25) is 0 Å². The fourth-order valence-electron chi connectivity index (χ4n) is 0.923. The Kier molecular flexibility index (Phi) is 2.56. The van der Waals surface area contributed by atoms with Crippen LogP contribution in [0.25, 0.3) is 0 Å². The summed E-state index contributed by atoms with van der Waals surface area (Å²) in [5, 5.41) is 13.1. The largest absolute Gasteiger partial charge is 0.372 e. The average molecular weight is 160 g/mol. The lowest BCUT2D eigenvalue weighted by Gasteiger charge is -2.23. The minimum Gasteiger partial charge on any atom is -0.372 e. The summed E-state index contributed by atoms with van der Waals surface area (Å²) in [5.74, 6) is 0. The maximum absolute atomic E-state index is 9.14. The van der Waals surface area contributed by atoms with E-state index in [0.717, 1.165) is 5.17 Å². The highest BCUT2D eigenvalue weighted by Gasteiger charge is 2.16. The number of amidine groups is 1. The van der Waals surface area contributed by atoms with Crippen LogP contribution < -0.4 is 5.32 Å². The van der Waals surface area contributed by atoms with Crippen molar-refractivity contribution in [2.24, 2.45) is 4.99 Å². The summed E-state index contributed by atoms with van der Waals surface area (Å²) in [6, 6.07) is 0.343. The number of hydrogen-bond acceptors (Lipinski definition) is 4. The minimum absolute atomic E-state index is 0.343. The number of nitrogens with zero attached hydrogens (tertiary/aromatic N) is 1. The van der Waals surface area contributed by atoms with Gasteiger partial charge in [0.1, 0.15) is 6.23 Å². The molecule has 0 aromatic heterocycles. The molecule has 1 rings (SSSR count). The lowest BCUT2D eigenvalue weighted by molar-refractivity contribution is 0.157. The molecule has 4 heteroatoms. The van der Waals surface area contributed by atoms with Crippen LogP contribution in [0.1, 0.15) is 13.3 Å². The maximum Gasteiger partial charge on any atom is 0.159 e. The summed E-state index contributed by atoms with van der Waals surface area (Å²) in [4.78, 5) is 3.98. The number of thioether (sulfide) groups is 1. The van der Waals surface area contributed by atoms with E-state index in [1.807, 2.05) is 13.2 Å². The van der Waals surface area contributed by atoms with E-state index in [-0.39, 0.29) is 0 Å². The molecule has 10 heavy (non-hydrogen) atoms. The first-order valence-electron chi connectivity index (χ1n) is 3.28. The quantitative estimate of drug-likeness (QED) is 0.539. The Hall–Kier alpha value is -0.220. The third kappa shape index (κ3) is 1.88. The second kappa shape index (κ2) is 3.25. The van der Waals surface area contributed by atoms with Crippen LogP contribution in [0.3, 0.4) is 0 Å². The van der Waals surface area contributed by atoms with Gasteiger partial charge in [-0.25, -0.2) is 4.99 Å². The van der Waals surface area contributed by atoms with Crippen molar-refractivity contribution in [1.29, 1.82) is 0 Å². The van der Waals surface area contributed by atoms with Gasteiger partial charge in [-0.05, 0) is 13.2 Å². The molecule has 58 valence electrons. The molecule has 3 nitrogen and oxygen atoms in total. The lowest BCUT2D eigenvalue weighted by atomic mass is 10.2. The molecule has 0 saturated carbocycles. The molecule has 1 aliphatic heterocycles. The highest BCUT2D eigenvalue weighted by Crippen LogP contribution is 2.09. The Balaban J connectivity index is 2.56. The molecule has 0 amide bonds. The van der Waals surface area contributed by atoms with Crippen molar-refractivity contribution >= 4 is 16.9 Å². The topological polar surface area (TPSA) is 44.6 Å². The molecule has 0 bridgehead atoms. The number of aliphatic hydroxyl groups excluding tert-OH is 1. The van der Waals surface area contributed by atoms with Crippen LogP contribution in [0.15, 0.2) is 4.99 Å². The van der Waals surface area contributed by atoms with E-state index in [2.05, 4.69) is 10.3 Å². The van der Waals surface area contributed by atoms with Crippen molar-refractivity contribution < 1.29 is 5.11 Å². The van der Waals surface area contributed by atoms with E-state index >= 15 is 0 Å². The number of nitrogens with one attached hydrogen (secondary N) is 1. The van der Waals surface area contributed by atoms with E-state index < -0.39 is 6.23 Å². The molecule has 0 radical (unpaired) electrons. The van der Waals surface area contributed by atoms with E-state index in [1.165, 1.54) is 11.8 Å². The Labute approximate surface area is 64.9 Å². The van der Waals surface area contributed by atoms with Gasteiger partial charge in [0.25, 0.3) is 0 Å². The maximum atomic E-state index is 9.14. The number of aliphatic hydroxyl groups is 1. The molecule has 0 aromatic rings. The fourth-order valence-corrected chi connectivity index (χ4v) is 1.47. The molecule has 0 aromatic carbocycles. The van der Waals surface area contributed by atoms with Gasteiger partial charge in [0.05, 0.1) is 0 Å². The van der Waals surface area contributed by atoms with E-state index in [4.69, 9.17) is 5.11 Å². The van der Waals surface area contributed by atoms with Crippen LogP contribution in [0.2, 0.25) is 0 Å². The fraction of sp³-hybridized carbons (Fsp3) is 0.833. The van der Waals surface area contributed by atoms with Gasteiger partial charge in [-0.1, -0.05) is 11.8 Å². The molecule has 0 spiro atoms. The molecule has 0 fully saturated rings. The Morgan fingerprint density at radius 2 is 2.50 bits per heavy atom. The predicted octanol–water partition coefficient (Wildman–Crippen LogP) is 0.406. The smallest absolute Gasteiger partial charge is 0.159 e. The van der Waals surface area contributed by atoms with E-state index in [1.54, 1.807) is 0 Å². The first-order valence-corrected chi connectivity index (χ1v) is 4.51. The highest BCUT2D eigenvalue weighted by molar-refractivity contribution is 8.13. The van der Waals surface area contributed by atoms with Crippen molar-refractivity contribution in [3.05, 3.63) is 0 Å². The summed E-state index contributed by atoms with van der Waals surface area (Å²) in [7, 11) is 0. The second-order valence-corrected chi connectivity index (χ2v) is 3.20. The normalized spacial score (nSPS) is 32.9. The van der Waals surface area contributed by atoms with Crippen LogP contribution in [0, 0.1) is 0 Å². The molecule has 2 N–H and O–H groups in total. The number of rotatable bonds is 0. The third-order valence-electron chi connectivity index (χ3n) is 1.39. The molecular weight excluding hydrogens is 148 g/mol. The van der Waals surface area contributed by atoms with Crippen molar-refractivity contribution in [3.8, 4) is 0 Å². The summed E-state index contributed by atoms with van der Waals surface area (Å²) >= 11 is 1.53. The van der Waals surface area contributed by atoms with Gasteiger partial charge < -0.3 is 10.4 Å².